The molecule has 0 aromatic heterocycles. The van der Waals surface area contributed by atoms with Gasteiger partial charge < -0.3 is 15.7 Å². The van der Waals surface area contributed by atoms with Crippen molar-refractivity contribution in [1.82, 2.24) is 10.6 Å². The molecule has 0 bridgehead atoms. The number of carbonyl (C=O) groups excluding carboxylic acids is 1. The summed E-state index contributed by atoms with van der Waals surface area (Å²) in [6.07, 6.45) is 0.469. The van der Waals surface area contributed by atoms with Crippen LogP contribution in [0.15, 0.2) is 24.3 Å². The fourth-order valence-electron chi connectivity index (χ4n) is 1.50. The van der Waals surface area contributed by atoms with E-state index in [0.29, 0.717) is 19.5 Å². The molecule has 0 spiro atoms. The summed E-state index contributed by atoms with van der Waals surface area (Å²) in [5.74, 6) is 0.324. The lowest BCUT2D eigenvalue weighted by Gasteiger charge is -2.09. The van der Waals surface area contributed by atoms with Crippen molar-refractivity contribution in [2.24, 2.45) is 0 Å². The summed E-state index contributed by atoms with van der Waals surface area (Å²) in [4.78, 5) is 11.3. The molecule has 1 aromatic carbocycles. The summed E-state index contributed by atoms with van der Waals surface area (Å²) in [5.41, 5.74) is 1.01. The van der Waals surface area contributed by atoms with Crippen LogP contribution in [0, 0.1) is 0 Å². The number of phenolic OH excluding ortho intramolecular Hbond substituents is 1. The van der Waals surface area contributed by atoms with Crippen molar-refractivity contribution in [2.75, 3.05) is 6.54 Å². The number of aromatic hydroxyl groups is 1. The maximum absolute atomic E-state index is 11.3. The normalized spacial score (nSPS) is 10.5. The Bertz CT molecular complexity index is 364. The Kier molecular flexibility index (Phi) is 5.49. The molecule has 0 aliphatic rings. The van der Waals surface area contributed by atoms with E-state index >= 15 is 0 Å². The van der Waals surface area contributed by atoms with Crippen LogP contribution in [0.5, 0.6) is 5.75 Å². The Morgan fingerprint density at radius 3 is 2.82 bits per heavy atom. The van der Waals surface area contributed by atoms with Crippen LogP contribution in [-0.2, 0) is 11.3 Å². The Morgan fingerprint density at radius 2 is 2.18 bits per heavy atom. The van der Waals surface area contributed by atoms with E-state index in [0.717, 1.165) is 5.56 Å². The van der Waals surface area contributed by atoms with E-state index in [1.807, 2.05) is 19.9 Å². The molecule has 0 atom stereocenters. The Morgan fingerprint density at radius 1 is 1.41 bits per heavy atom. The van der Waals surface area contributed by atoms with Gasteiger partial charge in [-0.2, -0.15) is 0 Å². The second-order valence-corrected chi connectivity index (χ2v) is 4.32. The minimum atomic E-state index is 0.0587. The van der Waals surface area contributed by atoms with Crippen molar-refractivity contribution in [3.8, 4) is 5.75 Å². The van der Waals surface area contributed by atoms with E-state index in [2.05, 4.69) is 10.6 Å². The van der Waals surface area contributed by atoms with E-state index in [4.69, 9.17) is 0 Å². The molecule has 0 saturated heterocycles. The van der Waals surface area contributed by atoms with Crippen LogP contribution >= 0.6 is 0 Å². The van der Waals surface area contributed by atoms with E-state index in [1.54, 1.807) is 18.2 Å². The highest BCUT2D eigenvalue weighted by Crippen LogP contribution is 2.10. The largest absolute Gasteiger partial charge is 0.508 e. The van der Waals surface area contributed by atoms with Crippen LogP contribution in [0.3, 0.4) is 0 Å². The lowest BCUT2D eigenvalue weighted by atomic mass is 10.2. The van der Waals surface area contributed by atoms with Crippen LogP contribution in [0.25, 0.3) is 0 Å². The van der Waals surface area contributed by atoms with Crippen LogP contribution in [0.4, 0.5) is 0 Å². The van der Waals surface area contributed by atoms with Crippen LogP contribution in [0.2, 0.25) is 0 Å². The first kappa shape index (κ1) is 13.5. The first-order valence-corrected chi connectivity index (χ1v) is 5.86. The molecular formula is C13H20N2O2. The monoisotopic (exact) mass is 236 g/mol. The number of amides is 1. The number of phenols is 1. The van der Waals surface area contributed by atoms with Crippen molar-refractivity contribution in [2.45, 2.75) is 32.9 Å². The van der Waals surface area contributed by atoms with Gasteiger partial charge in [0.1, 0.15) is 5.75 Å². The highest BCUT2D eigenvalue weighted by Gasteiger charge is 2.02. The topological polar surface area (TPSA) is 61.4 Å². The first-order chi connectivity index (χ1) is 8.08. The molecular weight excluding hydrogens is 216 g/mol. The molecule has 1 amide bonds. The third-order valence-corrected chi connectivity index (χ3v) is 2.22. The molecule has 0 heterocycles. The third kappa shape index (κ3) is 5.92. The summed E-state index contributed by atoms with van der Waals surface area (Å²) in [6, 6.07) is 7.27. The number of carbonyl (C=O) groups is 1. The SMILES string of the molecule is CC(C)NC(=O)CCNCc1cccc(O)c1. The number of hydrogen-bond acceptors (Lipinski definition) is 3. The zero-order valence-electron chi connectivity index (χ0n) is 10.4. The van der Waals surface area contributed by atoms with Gasteiger partial charge >= 0.3 is 0 Å². The van der Waals surface area contributed by atoms with Gasteiger partial charge in [-0.1, -0.05) is 12.1 Å². The quantitative estimate of drug-likeness (QED) is 0.654. The van der Waals surface area contributed by atoms with Crippen molar-refractivity contribution in [3.05, 3.63) is 29.8 Å². The number of benzene rings is 1. The predicted molar refractivity (Wildman–Crippen MR) is 67.7 cm³/mol. The molecule has 4 nitrogen and oxygen atoms in total. The Hall–Kier alpha value is -1.55. The third-order valence-electron chi connectivity index (χ3n) is 2.22. The van der Waals surface area contributed by atoms with Gasteiger partial charge in [-0.3, -0.25) is 4.79 Å². The number of rotatable bonds is 6. The molecule has 0 aliphatic heterocycles. The summed E-state index contributed by atoms with van der Waals surface area (Å²) < 4.78 is 0. The van der Waals surface area contributed by atoms with E-state index in [1.165, 1.54) is 0 Å². The smallest absolute Gasteiger partial charge is 0.221 e. The van der Waals surface area contributed by atoms with Gasteiger partial charge in [-0.05, 0) is 31.5 Å². The molecule has 0 radical (unpaired) electrons. The molecule has 17 heavy (non-hydrogen) atoms. The summed E-state index contributed by atoms with van der Waals surface area (Å²) in [7, 11) is 0. The highest BCUT2D eigenvalue weighted by atomic mass is 16.3. The second kappa shape index (κ2) is 6.91. The molecule has 0 saturated carbocycles. The maximum atomic E-state index is 11.3. The molecule has 4 heteroatoms. The molecule has 94 valence electrons. The highest BCUT2D eigenvalue weighted by molar-refractivity contribution is 5.76. The van der Waals surface area contributed by atoms with Crippen LogP contribution in [-0.4, -0.2) is 23.6 Å². The zero-order chi connectivity index (χ0) is 12.7. The van der Waals surface area contributed by atoms with E-state index in [9.17, 15) is 9.90 Å². The van der Waals surface area contributed by atoms with Gasteiger partial charge in [-0.15, -0.1) is 0 Å². The van der Waals surface area contributed by atoms with Gasteiger partial charge in [0.25, 0.3) is 0 Å². The minimum Gasteiger partial charge on any atom is -0.508 e. The standard InChI is InChI=1S/C13H20N2O2/c1-10(2)15-13(17)6-7-14-9-11-4-3-5-12(16)8-11/h3-5,8,10,14,16H,6-7,9H2,1-2H3,(H,15,17). The molecule has 1 aromatic rings. The maximum Gasteiger partial charge on any atom is 0.221 e. The number of hydrogen-bond donors (Lipinski definition) is 3. The average Bonchev–Trinajstić information content (AvgIpc) is 2.23. The van der Waals surface area contributed by atoms with Gasteiger partial charge in [-0.25, -0.2) is 0 Å². The lowest BCUT2D eigenvalue weighted by molar-refractivity contribution is -0.121. The van der Waals surface area contributed by atoms with Gasteiger partial charge in [0, 0.05) is 25.6 Å². The van der Waals surface area contributed by atoms with Crippen molar-refractivity contribution >= 4 is 5.91 Å². The van der Waals surface area contributed by atoms with Crippen LogP contribution < -0.4 is 10.6 Å². The van der Waals surface area contributed by atoms with Crippen molar-refractivity contribution in [1.29, 1.82) is 0 Å². The average molecular weight is 236 g/mol. The van der Waals surface area contributed by atoms with Crippen LogP contribution in [0.1, 0.15) is 25.8 Å². The number of nitrogens with one attached hydrogen (secondary N) is 2. The molecule has 0 aliphatic carbocycles. The lowest BCUT2D eigenvalue weighted by Crippen LogP contribution is -2.32. The Balaban J connectivity index is 2.18. The van der Waals surface area contributed by atoms with Gasteiger partial charge in [0.15, 0.2) is 0 Å². The minimum absolute atomic E-state index is 0.0587. The fourth-order valence-corrected chi connectivity index (χ4v) is 1.50. The van der Waals surface area contributed by atoms with Gasteiger partial charge in [0.2, 0.25) is 5.91 Å². The van der Waals surface area contributed by atoms with Gasteiger partial charge in [0.05, 0.1) is 0 Å². The first-order valence-electron chi connectivity index (χ1n) is 5.86. The van der Waals surface area contributed by atoms with E-state index in [-0.39, 0.29) is 17.7 Å². The van der Waals surface area contributed by atoms with Crippen molar-refractivity contribution < 1.29 is 9.90 Å². The summed E-state index contributed by atoms with van der Waals surface area (Å²) in [5, 5.41) is 15.3. The zero-order valence-corrected chi connectivity index (χ0v) is 10.4. The molecule has 3 N–H and O–H groups in total. The van der Waals surface area contributed by atoms with Crippen molar-refractivity contribution in [3.63, 3.8) is 0 Å². The Labute approximate surface area is 102 Å². The second-order valence-electron chi connectivity index (χ2n) is 4.32. The summed E-state index contributed by atoms with van der Waals surface area (Å²) >= 11 is 0. The predicted octanol–water partition coefficient (Wildman–Crippen LogP) is 1.40. The molecule has 0 unspecified atom stereocenters. The van der Waals surface area contributed by atoms with E-state index < -0.39 is 0 Å². The molecule has 0 fully saturated rings. The summed E-state index contributed by atoms with van der Waals surface area (Å²) in [6.45, 7) is 5.17. The fraction of sp³-hybridized carbons (Fsp3) is 0.462. The molecule has 1 rings (SSSR count).